The number of hydrogen-bond acceptors (Lipinski definition) is 0. The van der Waals surface area contributed by atoms with Gasteiger partial charge in [0.15, 0.2) is 0 Å². The molecule has 0 atom stereocenters. The van der Waals surface area contributed by atoms with Crippen LogP contribution in [0.4, 0.5) is 0 Å². The minimum absolute atomic E-state index is 0.681. The Kier molecular flexibility index (Phi) is 8.53. The van der Waals surface area contributed by atoms with E-state index in [2.05, 4.69) is 154 Å². The van der Waals surface area contributed by atoms with Crippen molar-refractivity contribution in [3.63, 3.8) is 0 Å². The van der Waals surface area contributed by atoms with Gasteiger partial charge in [-0.15, -0.1) is 0 Å². The maximum atomic E-state index is 2.43. The second-order valence-corrected chi connectivity index (χ2v) is 17.2. The largest absolute Gasteiger partial charge is 0.195 e. The Balaban J connectivity index is 0.000000190. The monoisotopic (exact) mass is 610 g/mol. The van der Waals surface area contributed by atoms with Crippen LogP contribution in [-0.4, -0.2) is 25.7 Å². The van der Waals surface area contributed by atoms with E-state index in [1.54, 1.807) is 11.1 Å². The van der Waals surface area contributed by atoms with Gasteiger partial charge in [-0.25, -0.2) is 0 Å². The van der Waals surface area contributed by atoms with Crippen LogP contribution in [0.25, 0.3) is 0 Å². The van der Waals surface area contributed by atoms with Crippen molar-refractivity contribution in [3.8, 4) is 0 Å². The summed E-state index contributed by atoms with van der Waals surface area (Å²) in [5.74, 6) is 0. The van der Waals surface area contributed by atoms with Crippen molar-refractivity contribution >= 4 is 47.5 Å². The van der Waals surface area contributed by atoms with Crippen LogP contribution in [0.15, 0.2) is 133 Å². The number of aryl methyl sites for hydroxylation is 2. The van der Waals surface area contributed by atoms with Crippen LogP contribution in [0.1, 0.15) is 29.2 Å². The third kappa shape index (κ3) is 5.40. The zero-order valence-electron chi connectivity index (χ0n) is 22.8. The summed E-state index contributed by atoms with van der Waals surface area (Å²) in [7, 11) is 0. The molecule has 0 N–H and O–H groups in total. The molecule has 0 aromatic heterocycles. The fraction of sp³-hybridized carbons (Fsp3) is 0.167. The van der Waals surface area contributed by atoms with Gasteiger partial charge in [-0.2, -0.15) is 21.9 Å². The Morgan fingerprint density at radius 3 is 1.05 bits per heavy atom. The maximum Gasteiger partial charge on any atom is 0.108 e. The van der Waals surface area contributed by atoms with E-state index in [1.165, 1.54) is 46.4 Å². The van der Waals surface area contributed by atoms with Crippen LogP contribution in [0, 0.1) is 13.8 Å². The fourth-order valence-corrected chi connectivity index (χ4v) is 11.5. The van der Waals surface area contributed by atoms with Gasteiger partial charge in [0.25, 0.3) is 0 Å². The summed E-state index contributed by atoms with van der Waals surface area (Å²) in [5, 5.41) is 0. The third-order valence-electron chi connectivity index (χ3n) is 8.14. The van der Waals surface area contributed by atoms with E-state index in [-0.39, 0.29) is 0 Å². The zero-order chi connectivity index (χ0) is 26.4. The van der Waals surface area contributed by atoms with E-state index in [0.717, 1.165) is 0 Å². The summed E-state index contributed by atoms with van der Waals surface area (Å²) < 4.78 is 4.46. The summed E-state index contributed by atoms with van der Waals surface area (Å²) in [6.07, 6.45) is -1.22. The summed E-state index contributed by atoms with van der Waals surface area (Å²) in [5.41, 5.74) is 11.7. The fourth-order valence-electron chi connectivity index (χ4n) is 6.02. The zero-order valence-corrected chi connectivity index (χ0v) is 25.1. The van der Waals surface area contributed by atoms with Gasteiger partial charge in [-0.05, 0) is 0 Å². The van der Waals surface area contributed by atoms with Crippen molar-refractivity contribution in [1.82, 2.24) is 0 Å². The molecule has 0 unspecified atom stereocenters. The molecule has 0 bridgehead atoms. The van der Waals surface area contributed by atoms with Crippen molar-refractivity contribution in [1.29, 1.82) is 0 Å². The topological polar surface area (TPSA) is 0 Å². The minimum atomic E-state index is -1.22. The average Bonchev–Trinajstić information content (AvgIpc) is 3.38. The molecule has 5 aromatic carbocycles. The molecule has 0 aliphatic carbocycles. The van der Waals surface area contributed by atoms with Gasteiger partial charge in [-0.1, -0.05) is 121 Å². The van der Waals surface area contributed by atoms with Gasteiger partial charge in [-0.3, -0.25) is 0 Å². The molecule has 1 aliphatic heterocycles. The van der Waals surface area contributed by atoms with E-state index in [4.69, 9.17) is 0 Å². The molecular formula is C36H37BTe. The van der Waals surface area contributed by atoms with Crippen LogP contribution >= 0.6 is 0 Å². The molecule has 0 radical (unpaired) electrons. The SMILES string of the molecule is CC[Te+]1Cc2cc(C)c(C)cc2C1.c1ccc([B-](c2ccccc2)(c2ccccc2)c2ccccc2)cc1. The molecule has 0 spiro atoms. The van der Waals surface area contributed by atoms with Gasteiger partial charge >= 0.3 is 88.1 Å². The van der Waals surface area contributed by atoms with E-state index in [9.17, 15) is 0 Å². The molecule has 6 rings (SSSR count). The first-order valence-electron chi connectivity index (χ1n) is 13.7. The quantitative estimate of drug-likeness (QED) is 0.213. The predicted octanol–water partition coefficient (Wildman–Crippen LogP) is 6.06. The van der Waals surface area contributed by atoms with Gasteiger partial charge in [0.1, 0.15) is 6.15 Å². The van der Waals surface area contributed by atoms with Crippen molar-refractivity contribution in [2.75, 3.05) is 0 Å². The molecule has 0 saturated heterocycles. The van der Waals surface area contributed by atoms with Crippen LogP contribution in [0.3, 0.4) is 0 Å². The summed E-state index contributed by atoms with van der Waals surface area (Å²) in [6, 6.07) is 48.4. The minimum Gasteiger partial charge on any atom is -0.195 e. The number of hydrogen-bond donors (Lipinski definition) is 0. The van der Waals surface area contributed by atoms with Gasteiger partial charge in [0.2, 0.25) is 0 Å². The smallest absolute Gasteiger partial charge is 0.108 e. The van der Waals surface area contributed by atoms with Gasteiger partial charge in [0, 0.05) is 0 Å². The molecule has 0 saturated carbocycles. The van der Waals surface area contributed by atoms with Crippen molar-refractivity contribution < 1.29 is 0 Å². The standard InChI is InChI=1S/C24H20B.C12H17Te/c1-5-13-21(14-6-1)25(22-15-7-2-8-16-22,23-17-9-3-10-18-23)24-19-11-4-12-20-24;1-4-13-7-11-5-9(2)10(3)6-12(11)8-13/h1-20H;5-6H,4,7-8H2,1-3H3/q-1;+1. The summed E-state index contributed by atoms with van der Waals surface area (Å²) >= 11 is -0.681. The van der Waals surface area contributed by atoms with Gasteiger partial charge < -0.3 is 0 Å². The third-order valence-corrected chi connectivity index (χ3v) is 14.6. The number of rotatable bonds is 5. The van der Waals surface area contributed by atoms with Crippen molar-refractivity contribution in [2.45, 2.75) is 34.2 Å². The Morgan fingerprint density at radius 2 is 0.789 bits per heavy atom. The Bertz CT molecular complexity index is 1250. The second kappa shape index (κ2) is 12.2. The molecule has 0 nitrogen and oxygen atoms in total. The molecule has 0 amide bonds. The average molecular weight is 608 g/mol. The first-order chi connectivity index (χ1) is 18.6. The number of fused-ring (bicyclic) bond motifs is 1. The molecule has 2 heteroatoms. The van der Waals surface area contributed by atoms with Crippen LogP contribution in [0.5, 0.6) is 0 Å². The van der Waals surface area contributed by atoms with Gasteiger partial charge in [0.05, 0.1) is 0 Å². The predicted molar refractivity (Wildman–Crippen MR) is 170 cm³/mol. The molecule has 1 heterocycles. The Labute approximate surface area is 236 Å². The van der Waals surface area contributed by atoms with E-state index >= 15 is 0 Å². The molecular weight excluding hydrogens is 571 g/mol. The second-order valence-electron chi connectivity index (χ2n) is 10.4. The molecule has 38 heavy (non-hydrogen) atoms. The normalized spacial score (nSPS) is 12.9. The Hall–Kier alpha value is -3.05. The summed E-state index contributed by atoms with van der Waals surface area (Å²) in [6.45, 7) is 6.85. The first kappa shape index (κ1) is 26.6. The van der Waals surface area contributed by atoms with Crippen LogP contribution in [-0.2, 0) is 8.94 Å². The first-order valence-corrected chi connectivity index (χ1v) is 18.7. The molecule has 1 aliphatic rings. The molecule has 5 aromatic rings. The van der Waals surface area contributed by atoms with Crippen LogP contribution in [0.2, 0.25) is 4.47 Å². The maximum absolute atomic E-state index is 2.43. The van der Waals surface area contributed by atoms with Crippen LogP contribution < -0.4 is 21.9 Å². The van der Waals surface area contributed by atoms with E-state index in [0.29, 0.717) is 0 Å². The number of benzene rings is 5. The van der Waals surface area contributed by atoms with E-state index in [1.807, 2.05) is 0 Å². The van der Waals surface area contributed by atoms with Crippen molar-refractivity contribution in [3.05, 3.63) is 156 Å². The molecule has 190 valence electrons. The Morgan fingerprint density at radius 1 is 0.500 bits per heavy atom. The molecule has 0 fully saturated rings. The summed E-state index contributed by atoms with van der Waals surface area (Å²) in [4.78, 5) is 0. The van der Waals surface area contributed by atoms with Crippen molar-refractivity contribution in [2.24, 2.45) is 0 Å². The van der Waals surface area contributed by atoms with E-state index < -0.39 is 25.7 Å².